The number of nitrogens with zero attached hydrogens (tertiary/aromatic N) is 3. The molecule has 4 heteroatoms. The third kappa shape index (κ3) is 3.84. The van der Waals surface area contributed by atoms with Gasteiger partial charge in [-0.05, 0) is 31.2 Å². The fourth-order valence-electron chi connectivity index (χ4n) is 3.02. The largest absolute Gasteiger partial charge is 0.352 e. The molecule has 0 unspecified atom stereocenters. The Morgan fingerprint density at radius 3 is 2.67 bits per heavy atom. The first kappa shape index (κ1) is 14.1. The first-order valence-corrected chi connectivity index (χ1v) is 8.01. The van der Waals surface area contributed by atoms with Gasteiger partial charge in [-0.3, -0.25) is 0 Å². The maximum absolute atomic E-state index is 4.65. The van der Waals surface area contributed by atoms with Crippen molar-refractivity contribution in [2.45, 2.75) is 51.0 Å². The van der Waals surface area contributed by atoms with Crippen molar-refractivity contribution in [1.82, 2.24) is 14.8 Å². The number of benzene rings is 1. The highest BCUT2D eigenvalue weighted by molar-refractivity contribution is 5.27. The van der Waals surface area contributed by atoms with E-state index in [0.717, 1.165) is 31.0 Å². The molecular formula is C17H24N4. The normalized spacial score (nSPS) is 15.5. The highest BCUT2D eigenvalue weighted by atomic mass is 15.4. The molecular weight excluding hydrogens is 260 g/mol. The van der Waals surface area contributed by atoms with Gasteiger partial charge in [0.2, 0.25) is 5.95 Å². The van der Waals surface area contributed by atoms with Crippen molar-refractivity contribution >= 4 is 5.95 Å². The van der Waals surface area contributed by atoms with Gasteiger partial charge in [-0.2, -0.15) is 10.1 Å². The molecule has 1 aromatic heterocycles. The first-order chi connectivity index (χ1) is 10.3. The topological polar surface area (TPSA) is 42.7 Å². The molecule has 1 N–H and O–H groups in total. The van der Waals surface area contributed by atoms with Gasteiger partial charge in [0.1, 0.15) is 0 Å². The summed E-state index contributed by atoms with van der Waals surface area (Å²) in [5.41, 5.74) is 1.39. The minimum absolute atomic E-state index is 0.588. The fourth-order valence-corrected chi connectivity index (χ4v) is 3.02. The van der Waals surface area contributed by atoms with Gasteiger partial charge in [0, 0.05) is 19.5 Å². The Hall–Kier alpha value is -1.84. The molecule has 0 bridgehead atoms. The summed E-state index contributed by atoms with van der Waals surface area (Å²) in [6.45, 7) is 0. The van der Waals surface area contributed by atoms with E-state index in [9.17, 15) is 0 Å². The second-order valence-corrected chi connectivity index (χ2v) is 5.94. The predicted molar refractivity (Wildman–Crippen MR) is 85.3 cm³/mol. The molecule has 0 atom stereocenters. The van der Waals surface area contributed by atoms with Crippen molar-refractivity contribution in [2.24, 2.45) is 7.05 Å². The van der Waals surface area contributed by atoms with Gasteiger partial charge in [-0.25, -0.2) is 4.68 Å². The summed E-state index contributed by atoms with van der Waals surface area (Å²) in [6, 6.07) is 11.2. The molecule has 0 radical (unpaired) electrons. The molecule has 0 aliphatic heterocycles. The quantitative estimate of drug-likeness (QED) is 0.884. The van der Waals surface area contributed by atoms with Gasteiger partial charge < -0.3 is 5.32 Å². The van der Waals surface area contributed by atoms with Crippen LogP contribution in [0, 0.1) is 0 Å². The third-order valence-electron chi connectivity index (χ3n) is 4.20. The maximum atomic E-state index is 4.65. The van der Waals surface area contributed by atoms with E-state index in [1.807, 2.05) is 11.7 Å². The zero-order valence-electron chi connectivity index (χ0n) is 12.8. The van der Waals surface area contributed by atoms with Gasteiger partial charge in [-0.1, -0.05) is 43.2 Å². The number of hydrogen-bond acceptors (Lipinski definition) is 3. The van der Waals surface area contributed by atoms with E-state index in [0.29, 0.717) is 6.04 Å². The molecule has 2 aromatic rings. The maximum Gasteiger partial charge on any atom is 0.221 e. The van der Waals surface area contributed by atoms with Crippen LogP contribution in [0.5, 0.6) is 0 Å². The van der Waals surface area contributed by atoms with Gasteiger partial charge in [-0.15, -0.1) is 0 Å². The molecule has 1 aromatic carbocycles. The summed E-state index contributed by atoms with van der Waals surface area (Å²) in [4.78, 5) is 4.65. The van der Waals surface area contributed by atoms with E-state index in [-0.39, 0.29) is 0 Å². The lowest BCUT2D eigenvalue weighted by molar-refractivity contribution is 0.696. The second-order valence-electron chi connectivity index (χ2n) is 5.94. The van der Waals surface area contributed by atoms with Crippen molar-refractivity contribution in [1.29, 1.82) is 0 Å². The molecule has 21 heavy (non-hydrogen) atoms. The Morgan fingerprint density at radius 1 is 1.14 bits per heavy atom. The number of hydrogen-bond donors (Lipinski definition) is 1. The van der Waals surface area contributed by atoms with E-state index in [4.69, 9.17) is 0 Å². The van der Waals surface area contributed by atoms with Gasteiger partial charge in [0.05, 0.1) is 0 Å². The van der Waals surface area contributed by atoms with Crippen molar-refractivity contribution in [2.75, 3.05) is 5.32 Å². The number of aryl methyl sites for hydroxylation is 3. The molecule has 1 saturated carbocycles. The molecule has 0 spiro atoms. The zero-order chi connectivity index (χ0) is 14.5. The van der Waals surface area contributed by atoms with Crippen LogP contribution in [0.1, 0.15) is 43.5 Å². The SMILES string of the molecule is Cn1nc(CCCc2ccccc2)nc1NC1CCCC1. The second kappa shape index (κ2) is 6.74. The van der Waals surface area contributed by atoms with Crippen LogP contribution in [0.4, 0.5) is 5.95 Å². The van der Waals surface area contributed by atoms with Crippen molar-refractivity contribution in [3.8, 4) is 0 Å². The van der Waals surface area contributed by atoms with Crippen LogP contribution in [0.2, 0.25) is 0 Å². The van der Waals surface area contributed by atoms with Crippen LogP contribution >= 0.6 is 0 Å². The summed E-state index contributed by atoms with van der Waals surface area (Å²) >= 11 is 0. The van der Waals surface area contributed by atoms with E-state index < -0.39 is 0 Å². The number of aromatic nitrogens is 3. The summed E-state index contributed by atoms with van der Waals surface area (Å²) < 4.78 is 1.89. The minimum atomic E-state index is 0.588. The lowest BCUT2D eigenvalue weighted by Crippen LogP contribution is -2.17. The molecule has 0 amide bonds. The van der Waals surface area contributed by atoms with Crippen LogP contribution in [0.25, 0.3) is 0 Å². The molecule has 0 saturated heterocycles. The smallest absolute Gasteiger partial charge is 0.221 e. The van der Waals surface area contributed by atoms with E-state index >= 15 is 0 Å². The fraction of sp³-hybridized carbons (Fsp3) is 0.529. The van der Waals surface area contributed by atoms with E-state index in [1.165, 1.54) is 31.2 Å². The van der Waals surface area contributed by atoms with Crippen molar-refractivity contribution < 1.29 is 0 Å². The molecule has 4 nitrogen and oxygen atoms in total. The number of rotatable bonds is 6. The van der Waals surface area contributed by atoms with Gasteiger partial charge >= 0.3 is 0 Å². The standard InChI is InChI=1S/C17H24N4/c1-21-17(18-15-11-5-6-12-15)19-16(20-21)13-7-10-14-8-3-2-4-9-14/h2-4,8-9,15H,5-7,10-13H2,1H3,(H,18,19,20). The van der Waals surface area contributed by atoms with Gasteiger partial charge in [0.25, 0.3) is 0 Å². The summed E-state index contributed by atoms with van der Waals surface area (Å²) in [5, 5.41) is 8.05. The minimum Gasteiger partial charge on any atom is -0.352 e. The molecule has 3 rings (SSSR count). The number of nitrogens with one attached hydrogen (secondary N) is 1. The molecule has 1 heterocycles. The van der Waals surface area contributed by atoms with E-state index in [1.54, 1.807) is 0 Å². The molecule has 1 fully saturated rings. The lowest BCUT2D eigenvalue weighted by atomic mass is 10.1. The van der Waals surface area contributed by atoms with Crippen LogP contribution < -0.4 is 5.32 Å². The Kier molecular flexibility index (Phi) is 4.53. The monoisotopic (exact) mass is 284 g/mol. The average molecular weight is 284 g/mol. The summed E-state index contributed by atoms with van der Waals surface area (Å²) in [5.74, 6) is 1.88. The van der Waals surface area contributed by atoms with Crippen molar-refractivity contribution in [3.63, 3.8) is 0 Å². The zero-order valence-corrected chi connectivity index (χ0v) is 12.8. The van der Waals surface area contributed by atoms with Gasteiger partial charge in [0.15, 0.2) is 5.82 Å². The number of anilines is 1. The van der Waals surface area contributed by atoms with Crippen LogP contribution in [-0.2, 0) is 19.9 Å². The molecule has 112 valence electrons. The van der Waals surface area contributed by atoms with Crippen LogP contribution in [0.3, 0.4) is 0 Å². The predicted octanol–water partition coefficient (Wildman–Crippen LogP) is 3.34. The van der Waals surface area contributed by atoms with Crippen molar-refractivity contribution in [3.05, 3.63) is 41.7 Å². The Balaban J connectivity index is 1.51. The van der Waals surface area contributed by atoms with Crippen LogP contribution in [-0.4, -0.2) is 20.8 Å². The summed E-state index contributed by atoms with van der Waals surface area (Å²) in [7, 11) is 1.98. The Labute approximate surface area is 126 Å². The summed E-state index contributed by atoms with van der Waals surface area (Å²) in [6.07, 6.45) is 8.31. The van der Waals surface area contributed by atoms with Crippen LogP contribution in [0.15, 0.2) is 30.3 Å². The third-order valence-corrected chi connectivity index (χ3v) is 4.20. The van der Waals surface area contributed by atoms with E-state index in [2.05, 4.69) is 45.7 Å². The highest BCUT2D eigenvalue weighted by Crippen LogP contribution is 2.21. The first-order valence-electron chi connectivity index (χ1n) is 8.01. The highest BCUT2D eigenvalue weighted by Gasteiger charge is 2.17. The average Bonchev–Trinajstić information content (AvgIpc) is 3.11. The lowest BCUT2D eigenvalue weighted by Gasteiger charge is -2.11. The Morgan fingerprint density at radius 2 is 1.90 bits per heavy atom. The molecule has 1 aliphatic carbocycles. The Bertz CT molecular complexity index is 555. The molecule has 1 aliphatic rings.